The predicted octanol–water partition coefficient (Wildman–Crippen LogP) is 2.11. The van der Waals surface area contributed by atoms with Crippen LogP contribution >= 0.6 is 0 Å². The van der Waals surface area contributed by atoms with Crippen LogP contribution in [0.4, 0.5) is 0 Å². The molecule has 0 aliphatic heterocycles. The first-order valence-corrected chi connectivity index (χ1v) is 6.18. The Balaban J connectivity index is 2.50. The van der Waals surface area contributed by atoms with Crippen LogP contribution in [-0.4, -0.2) is 23.4 Å². The third-order valence-corrected chi connectivity index (χ3v) is 2.81. The van der Waals surface area contributed by atoms with Crippen molar-refractivity contribution < 1.29 is 9.84 Å². The molecule has 0 aromatic heterocycles. The maximum atomic E-state index is 9.34. The molecule has 3 N–H and O–H groups in total. The van der Waals surface area contributed by atoms with Crippen LogP contribution in [0.1, 0.15) is 32.8 Å². The molecular weight excluding hydrogens is 214 g/mol. The van der Waals surface area contributed by atoms with Crippen molar-refractivity contribution in [2.24, 2.45) is 5.73 Å². The van der Waals surface area contributed by atoms with Crippen molar-refractivity contribution in [1.29, 1.82) is 0 Å². The van der Waals surface area contributed by atoms with Gasteiger partial charge in [0.15, 0.2) is 0 Å². The lowest BCUT2D eigenvalue weighted by molar-refractivity contribution is 0.0604. The Morgan fingerprint density at radius 2 is 1.76 bits per heavy atom. The van der Waals surface area contributed by atoms with E-state index >= 15 is 0 Å². The number of hydrogen-bond acceptors (Lipinski definition) is 3. The van der Waals surface area contributed by atoms with Crippen LogP contribution in [0, 0.1) is 0 Å². The summed E-state index contributed by atoms with van der Waals surface area (Å²) in [7, 11) is 0. The van der Waals surface area contributed by atoms with Gasteiger partial charge in [0.1, 0.15) is 11.9 Å². The van der Waals surface area contributed by atoms with E-state index in [1.807, 2.05) is 38.1 Å². The largest absolute Gasteiger partial charge is 0.488 e. The second kappa shape index (κ2) is 6.62. The zero-order valence-electron chi connectivity index (χ0n) is 10.9. The maximum absolute atomic E-state index is 9.34. The van der Waals surface area contributed by atoms with Gasteiger partial charge in [-0.1, -0.05) is 12.1 Å². The maximum Gasteiger partial charge on any atom is 0.121 e. The van der Waals surface area contributed by atoms with Gasteiger partial charge in [0, 0.05) is 6.04 Å². The minimum atomic E-state index is -0.465. The Bertz CT molecular complexity index is 319. The summed E-state index contributed by atoms with van der Waals surface area (Å²) >= 11 is 0. The number of benzene rings is 1. The Labute approximate surface area is 104 Å². The van der Waals surface area contributed by atoms with Gasteiger partial charge in [0.05, 0.1) is 6.10 Å². The molecule has 96 valence electrons. The minimum Gasteiger partial charge on any atom is -0.488 e. The highest BCUT2D eigenvalue weighted by Crippen LogP contribution is 2.16. The molecule has 0 amide bonds. The number of hydrogen-bond donors (Lipinski definition) is 2. The van der Waals surface area contributed by atoms with E-state index in [2.05, 4.69) is 0 Å². The summed E-state index contributed by atoms with van der Waals surface area (Å²) in [6.07, 6.45) is 1.33. The molecule has 1 rings (SSSR count). The molecule has 17 heavy (non-hydrogen) atoms. The topological polar surface area (TPSA) is 55.5 Å². The molecule has 0 aliphatic carbocycles. The highest BCUT2D eigenvalue weighted by atomic mass is 16.5. The van der Waals surface area contributed by atoms with E-state index in [4.69, 9.17) is 10.5 Å². The van der Waals surface area contributed by atoms with E-state index in [9.17, 15) is 5.11 Å². The molecule has 3 heteroatoms. The summed E-state index contributed by atoms with van der Waals surface area (Å²) in [6.45, 7) is 5.60. The summed E-state index contributed by atoms with van der Waals surface area (Å²) in [5.41, 5.74) is 6.98. The highest BCUT2D eigenvalue weighted by molar-refractivity contribution is 5.27. The molecule has 0 aliphatic rings. The number of aryl methyl sites for hydroxylation is 1. The fourth-order valence-electron chi connectivity index (χ4n) is 1.44. The predicted molar refractivity (Wildman–Crippen MR) is 70.2 cm³/mol. The Morgan fingerprint density at radius 1 is 1.18 bits per heavy atom. The normalized spacial score (nSPS) is 16.3. The second-order valence-corrected chi connectivity index (χ2v) is 4.72. The third kappa shape index (κ3) is 5.20. The lowest BCUT2D eigenvalue weighted by Gasteiger charge is -2.17. The quantitative estimate of drug-likeness (QED) is 0.796. The number of ether oxygens (including phenoxy) is 1. The van der Waals surface area contributed by atoms with Gasteiger partial charge in [-0.25, -0.2) is 0 Å². The van der Waals surface area contributed by atoms with Gasteiger partial charge in [-0.05, 0) is 51.3 Å². The summed E-state index contributed by atoms with van der Waals surface area (Å²) in [5, 5.41) is 9.34. The molecule has 0 spiro atoms. The molecule has 0 heterocycles. The van der Waals surface area contributed by atoms with Gasteiger partial charge < -0.3 is 15.6 Å². The SMILES string of the molecule is CC(N)CCc1ccc(OC(C)C(C)O)cc1. The molecule has 0 fully saturated rings. The fraction of sp³-hybridized carbons (Fsp3) is 0.571. The van der Waals surface area contributed by atoms with Gasteiger partial charge in [-0.15, -0.1) is 0 Å². The summed E-state index contributed by atoms with van der Waals surface area (Å²) in [4.78, 5) is 0. The van der Waals surface area contributed by atoms with Gasteiger partial charge in [0.2, 0.25) is 0 Å². The number of rotatable bonds is 6. The summed E-state index contributed by atoms with van der Waals surface area (Å²) < 4.78 is 5.58. The number of aliphatic hydroxyl groups excluding tert-OH is 1. The minimum absolute atomic E-state index is 0.190. The van der Waals surface area contributed by atoms with E-state index in [-0.39, 0.29) is 12.1 Å². The van der Waals surface area contributed by atoms with Crippen molar-refractivity contribution in [3.63, 3.8) is 0 Å². The summed E-state index contributed by atoms with van der Waals surface area (Å²) in [5.74, 6) is 0.794. The van der Waals surface area contributed by atoms with Crippen LogP contribution in [0.5, 0.6) is 5.75 Å². The molecule has 0 bridgehead atoms. The lowest BCUT2D eigenvalue weighted by atomic mass is 10.1. The Hall–Kier alpha value is -1.06. The van der Waals surface area contributed by atoms with Gasteiger partial charge in [-0.2, -0.15) is 0 Å². The van der Waals surface area contributed by atoms with E-state index in [1.54, 1.807) is 6.92 Å². The van der Waals surface area contributed by atoms with Crippen LogP contribution in [-0.2, 0) is 6.42 Å². The summed E-state index contributed by atoms with van der Waals surface area (Å²) in [6, 6.07) is 8.21. The standard InChI is InChI=1S/C14H23NO2/c1-10(15)4-5-13-6-8-14(9-7-13)17-12(3)11(2)16/h6-12,16H,4-5,15H2,1-3H3. The second-order valence-electron chi connectivity index (χ2n) is 4.72. The molecule has 1 aromatic carbocycles. The molecule has 0 saturated carbocycles. The molecule has 3 atom stereocenters. The fourth-order valence-corrected chi connectivity index (χ4v) is 1.44. The highest BCUT2D eigenvalue weighted by Gasteiger charge is 2.09. The van der Waals surface area contributed by atoms with Crippen molar-refractivity contribution in [3.05, 3.63) is 29.8 Å². The van der Waals surface area contributed by atoms with Crippen LogP contribution in [0.2, 0.25) is 0 Å². The first kappa shape index (κ1) is 14.0. The van der Waals surface area contributed by atoms with Gasteiger partial charge in [0.25, 0.3) is 0 Å². The molecule has 3 nitrogen and oxygen atoms in total. The Kier molecular flexibility index (Phi) is 5.45. The first-order valence-electron chi connectivity index (χ1n) is 6.18. The average molecular weight is 237 g/mol. The zero-order chi connectivity index (χ0) is 12.8. The lowest BCUT2D eigenvalue weighted by Crippen LogP contribution is -2.25. The first-order chi connectivity index (χ1) is 7.99. The molecule has 1 aromatic rings. The van der Waals surface area contributed by atoms with Crippen LogP contribution in [0.15, 0.2) is 24.3 Å². The van der Waals surface area contributed by atoms with Gasteiger partial charge >= 0.3 is 0 Å². The van der Waals surface area contributed by atoms with Crippen molar-refractivity contribution in [1.82, 2.24) is 0 Å². The number of aliphatic hydroxyl groups is 1. The smallest absolute Gasteiger partial charge is 0.121 e. The van der Waals surface area contributed by atoms with Crippen LogP contribution in [0.3, 0.4) is 0 Å². The van der Waals surface area contributed by atoms with Gasteiger partial charge in [-0.3, -0.25) is 0 Å². The molecular formula is C14H23NO2. The average Bonchev–Trinajstić information content (AvgIpc) is 2.28. The molecule has 0 saturated heterocycles. The van der Waals surface area contributed by atoms with Crippen molar-refractivity contribution in [3.8, 4) is 5.75 Å². The van der Waals surface area contributed by atoms with E-state index < -0.39 is 6.10 Å². The molecule has 0 radical (unpaired) electrons. The van der Waals surface area contributed by atoms with Crippen molar-refractivity contribution >= 4 is 0 Å². The van der Waals surface area contributed by atoms with E-state index in [1.165, 1.54) is 5.56 Å². The zero-order valence-corrected chi connectivity index (χ0v) is 10.9. The Morgan fingerprint density at radius 3 is 2.24 bits per heavy atom. The monoisotopic (exact) mass is 237 g/mol. The molecule has 3 unspecified atom stereocenters. The third-order valence-electron chi connectivity index (χ3n) is 2.81. The van der Waals surface area contributed by atoms with E-state index in [0.717, 1.165) is 18.6 Å². The van der Waals surface area contributed by atoms with Crippen molar-refractivity contribution in [2.75, 3.05) is 0 Å². The van der Waals surface area contributed by atoms with E-state index in [0.29, 0.717) is 0 Å². The number of nitrogens with two attached hydrogens (primary N) is 1. The van der Waals surface area contributed by atoms with Crippen LogP contribution in [0.25, 0.3) is 0 Å². The van der Waals surface area contributed by atoms with Crippen molar-refractivity contribution in [2.45, 2.75) is 51.9 Å². The van der Waals surface area contributed by atoms with Crippen LogP contribution < -0.4 is 10.5 Å².